The van der Waals surface area contributed by atoms with Gasteiger partial charge in [0.2, 0.25) is 0 Å². The van der Waals surface area contributed by atoms with Crippen LogP contribution in [0.5, 0.6) is 5.75 Å². The molecule has 0 aliphatic rings. The molecular weight excluding hydrogens is 490 g/mol. The summed E-state index contributed by atoms with van der Waals surface area (Å²) in [6.07, 6.45) is 6.78. The molecule has 1 amide bonds. The highest BCUT2D eigenvalue weighted by Crippen LogP contribution is 2.27. The highest BCUT2D eigenvalue weighted by molar-refractivity contribution is 9.10. The number of halogens is 1. The van der Waals surface area contributed by atoms with E-state index in [4.69, 9.17) is 11.2 Å². The highest BCUT2D eigenvalue weighted by atomic mass is 79.9. The molecule has 1 aromatic heterocycles. The van der Waals surface area contributed by atoms with Gasteiger partial charge in [0.15, 0.2) is 0 Å². The molecule has 0 aliphatic carbocycles. The topological polar surface area (TPSA) is 55.6 Å². The Bertz CT molecular complexity index is 1370. The Hall–Kier alpha value is -4.08. The Labute approximate surface area is 207 Å². The van der Waals surface area contributed by atoms with Crippen LogP contribution in [-0.4, -0.2) is 23.3 Å². The fraction of sp³-hybridized carbons (Fsp3) is 0.0714. The molecule has 1 heterocycles. The van der Waals surface area contributed by atoms with E-state index in [-0.39, 0.29) is 12.5 Å². The molecule has 0 radical (unpaired) electrons. The Kier molecular flexibility index (Phi) is 7.26. The van der Waals surface area contributed by atoms with E-state index in [1.54, 1.807) is 24.4 Å². The number of ether oxygens (including phenoxy) is 1. The minimum absolute atomic E-state index is 0.193. The fourth-order valence-corrected chi connectivity index (χ4v) is 4.05. The van der Waals surface area contributed by atoms with Gasteiger partial charge in [-0.3, -0.25) is 4.79 Å². The Morgan fingerprint density at radius 3 is 2.56 bits per heavy atom. The number of aryl methyl sites for hydroxylation is 1. The van der Waals surface area contributed by atoms with Crippen LogP contribution in [0.2, 0.25) is 0 Å². The van der Waals surface area contributed by atoms with Crippen molar-refractivity contribution in [1.29, 1.82) is 0 Å². The molecule has 0 atom stereocenters. The Morgan fingerprint density at radius 2 is 1.85 bits per heavy atom. The number of aromatic nitrogens is 1. The van der Waals surface area contributed by atoms with Crippen LogP contribution >= 0.6 is 15.9 Å². The minimum Gasteiger partial charge on any atom is -0.480 e. The van der Waals surface area contributed by atoms with Crippen LogP contribution in [0.4, 0.5) is 0 Å². The van der Waals surface area contributed by atoms with E-state index in [2.05, 4.69) is 68.1 Å². The average molecular weight is 512 g/mol. The lowest BCUT2D eigenvalue weighted by Crippen LogP contribution is -2.17. The molecule has 0 spiro atoms. The van der Waals surface area contributed by atoms with Crippen LogP contribution in [0.1, 0.15) is 21.6 Å². The number of hydrazone groups is 1. The van der Waals surface area contributed by atoms with Gasteiger partial charge in [0, 0.05) is 16.9 Å². The van der Waals surface area contributed by atoms with Gasteiger partial charge in [0.05, 0.1) is 16.4 Å². The molecule has 1 N–H and O–H groups in total. The smallest absolute Gasteiger partial charge is 0.271 e. The van der Waals surface area contributed by atoms with E-state index < -0.39 is 0 Å². The zero-order valence-corrected chi connectivity index (χ0v) is 20.1. The van der Waals surface area contributed by atoms with E-state index in [1.165, 1.54) is 0 Å². The lowest BCUT2D eigenvalue weighted by atomic mass is 10.1. The number of carbonyl (C=O) groups is 1. The molecule has 0 saturated heterocycles. The number of nitrogens with one attached hydrogen (secondary N) is 1. The largest absolute Gasteiger partial charge is 0.480 e. The molecule has 0 fully saturated rings. The van der Waals surface area contributed by atoms with Gasteiger partial charge >= 0.3 is 0 Å². The van der Waals surface area contributed by atoms with Crippen molar-refractivity contribution >= 4 is 28.1 Å². The molecule has 5 nitrogen and oxygen atoms in total. The average Bonchev–Trinajstić information content (AvgIpc) is 3.25. The molecule has 168 valence electrons. The summed E-state index contributed by atoms with van der Waals surface area (Å²) < 4.78 is 8.34. The molecule has 0 aliphatic heterocycles. The molecule has 0 bridgehead atoms. The van der Waals surface area contributed by atoms with Crippen LogP contribution in [-0.2, 0) is 0 Å². The van der Waals surface area contributed by atoms with E-state index in [9.17, 15) is 4.79 Å². The van der Waals surface area contributed by atoms with Gasteiger partial charge in [-0.05, 0) is 88.6 Å². The highest BCUT2D eigenvalue weighted by Gasteiger charge is 2.11. The summed E-state index contributed by atoms with van der Waals surface area (Å²) in [7, 11) is 0. The summed E-state index contributed by atoms with van der Waals surface area (Å²) in [5.74, 6) is 2.78. The summed E-state index contributed by atoms with van der Waals surface area (Å²) in [4.78, 5) is 12.5. The van der Waals surface area contributed by atoms with Gasteiger partial charge in [-0.2, -0.15) is 5.10 Å². The van der Waals surface area contributed by atoms with Crippen LogP contribution in [0.25, 0.3) is 16.9 Å². The van der Waals surface area contributed by atoms with Gasteiger partial charge < -0.3 is 9.30 Å². The monoisotopic (exact) mass is 511 g/mol. The summed E-state index contributed by atoms with van der Waals surface area (Å²) in [6.45, 7) is 2.26. The SMILES string of the molecule is C#CCOc1ccc(/C=N/NC(=O)c2ccc(-n3c(C)ccc3-c3ccccc3)cc2)cc1Br. The first-order valence-electron chi connectivity index (χ1n) is 10.6. The number of benzene rings is 3. The van der Waals surface area contributed by atoms with Gasteiger partial charge in [-0.25, -0.2) is 5.43 Å². The van der Waals surface area contributed by atoms with E-state index in [0.717, 1.165) is 32.7 Å². The molecule has 3 aromatic carbocycles. The maximum Gasteiger partial charge on any atom is 0.271 e. The van der Waals surface area contributed by atoms with Gasteiger partial charge in [-0.1, -0.05) is 36.3 Å². The second kappa shape index (κ2) is 10.7. The molecular formula is C28H22BrN3O2. The van der Waals surface area contributed by atoms with Gasteiger partial charge in [0.1, 0.15) is 12.4 Å². The minimum atomic E-state index is -0.289. The first-order chi connectivity index (χ1) is 16.6. The van der Waals surface area contributed by atoms with Crippen LogP contribution in [0, 0.1) is 19.3 Å². The first kappa shape index (κ1) is 23.1. The van der Waals surface area contributed by atoms with Crippen molar-refractivity contribution in [2.75, 3.05) is 6.61 Å². The number of nitrogens with zero attached hydrogens (tertiary/aromatic N) is 2. The second-order valence-corrected chi connectivity index (χ2v) is 8.34. The Morgan fingerprint density at radius 1 is 1.09 bits per heavy atom. The zero-order valence-electron chi connectivity index (χ0n) is 18.5. The van der Waals surface area contributed by atoms with Crippen molar-refractivity contribution in [3.8, 4) is 35.0 Å². The third-order valence-electron chi connectivity index (χ3n) is 5.18. The molecule has 4 aromatic rings. The van der Waals surface area contributed by atoms with Crippen molar-refractivity contribution in [3.63, 3.8) is 0 Å². The number of amides is 1. The van der Waals surface area contributed by atoms with E-state index in [0.29, 0.717) is 11.3 Å². The van der Waals surface area contributed by atoms with E-state index in [1.807, 2.05) is 42.5 Å². The number of rotatable bonds is 7. The normalized spacial score (nSPS) is 10.7. The molecule has 34 heavy (non-hydrogen) atoms. The van der Waals surface area contributed by atoms with Crippen LogP contribution < -0.4 is 10.2 Å². The molecule has 4 rings (SSSR count). The van der Waals surface area contributed by atoms with Gasteiger partial charge in [0.25, 0.3) is 5.91 Å². The zero-order chi connectivity index (χ0) is 23.9. The maximum absolute atomic E-state index is 12.5. The standard InChI is InChI=1S/C28H22BrN3O2/c1-3-17-34-27-16-10-21(18-25(27)29)19-30-31-28(33)23-11-13-24(14-12-23)32-20(2)9-15-26(32)22-7-5-4-6-8-22/h1,4-16,18-19H,17H2,2H3,(H,31,33)/b30-19+. The lowest BCUT2D eigenvalue weighted by molar-refractivity contribution is 0.0955. The third kappa shape index (κ3) is 5.28. The predicted molar refractivity (Wildman–Crippen MR) is 139 cm³/mol. The maximum atomic E-state index is 12.5. The quantitative estimate of drug-likeness (QED) is 0.188. The van der Waals surface area contributed by atoms with Crippen molar-refractivity contribution in [2.24, 2.45) is 5.10 Å². The number of hydrogen-bond acceptors (Lipinski definition) is 3. The third-order valence-corrected chi connectivity index (χ3v) is 5.80. The summed E-state index contributed by atoms with van der Waals surface area (Å²) >= 11 is 3.44. The summed E-state index contributed by atoms with van der Waals surface area (Å²) in [5, 5.41) is 4.07. The molecule has 0 saturated carbocycles. The first-order valence-corrected chi connectivity index (χ1v) is 11.4. The lowest BCUT2D eigenvalue weighted by Gasteiger charge is -2.12. The Balaban J connectivity index is 1.44. The van der Waals surface area contributed by atoms with Crippen molar-refractivity contribution in [2.45, 2.75) is 6.92 Å². The number of hydrogen-bond donors (Lipinski definition) is 1. The summed E-state index contributed by atoms with van der Waals surface area (Å²) in [6, 6.07) is 27.3. The van der Waals surface area contributed by atoms with Crippen molar-refractivity contribution < 1.29 is 9.53 Å². The number of terminal acetylenes is 1. The molecule has 0 unspecified atom stereocenters. The van der Waals surface area contributed by atoms with Crippen molar-refractivity contribution in [1.82, 2.24) is 9.99 Å². The van der Waals surface area contributed by atoms with Crippen molar-refractivity contribution in [3.05, 3.63) is 106 Å². The second-order valence-electron chi connectivity index (χ2n) is 7.49. The molecule has 6 heteroatoms. The van der Waals surface area contributed by atoms with Crippen LogP contribution in [0.15, 0.2) is 94.5 Å². The summed E-state index contributed by atoms with van der Waals surface area (Å²) in [5.41, 5.74) is 8.22. The fourth-order valence-electron chi connectivity index (χ4n) is 3.54. The van der Waals surface area contributed by atoms with Crippen LogP contribution in [0.3, 0.4) is 0 Å². The predicted octanol–water partition coefficient (Wildman–Crippen LogP) is 5.99. The number of carbonyl (C=O) groups excluding carboxylic acids is 1. The van der Waals surface area contributed by atoms with Gasteiger partial charge in [-0.15, -0.1) is 6.42 Å². The van der Waals surface area contributed by atoms with E-state index >= 15 is 0 Å².